The lowest BCUT2D eigenvalue weighted by Gasteiger charge is -2.43. The van der Waals surface area contributed by atoms with Gasteiger partial charge >= 0.3 is 6.09 Å². The molecule has 2 aromatic rings. The number of nitriles is 1. The van der Waals surface area contributed by atoms with E-state index in [-0.39, 0.29) is 12.1 Å². The lowest BCUT2D eigenvalue weighted by Crippen LogP contribution is -2.58. The van der Waals surface area contributed by atoms with Crippen molar-refractivity contribution in [2.75, 3.05) is 18.0 Å². The van der Waals surface area contributed by atoms with Crippen molar-refractivity contribution < 1.29 is 9.90 Å². The number of aryl methyl sites for hydroxylation is 1. The van der Waals surface area contributed by atoms with E-state index in [4.69, 9.17) is 5.26 Å². The van der Waals surface area contributed by atoms with Gasteiger partial charge in [-0.05, 0) is 62.4 Å². The summed E-state index contributed by atoms with van der Waals surface area (Å²) in [6.45, 7) is 4.39. The molecule has 0 radical (unpaired) electrons. The molecule has 1 heterocycles. The lowest BCUT2D eigenvalue weighted by molar-refractivity contribution is 0.0874. The Morgan fingerprint density at radius 2 is 1.82 bits per heavy atom. The van der Waals surface area contributed by atoms with E-state index >= 15 is 0 Å². The largest absolute Gasteiger partial charge is 0.465 e. The quantitative estimate of drug-likeness (QED) is 0.659. The van der Waals surface area contributed by atoms with E-state index in [2.05, 4.69) is 16.3 Å². The first kappa shape index (κ1) is 23.1. The second-order valence-corrected chi connectivity index (χ2v) is 9.46. The van der Waals surface area contributed by atoms with Gasteiger partial charge in [-0.25, -0.2) is 4.79 Å². The number of benzene rings is 2. The van der Waals surface area contributed by atoms with Crippen molar-refractivity contribution in [3.63, 3.8) is 0 Å². The van der Waals surface area contributed by atoms with Crippen molar-refractivity contribution in [3.05, 3.63) is 65.2 Å². The molecule has 2 aromatic carbocycles. The summed E-state index contributed by atoms with van der Waals surface area (Å²) in [5.74, 6) is 0. The first-order valence-corrected chi connectivity index (χ1v) is 12.1. The number of anilines is 1. The Bertz CT molecular complexity index is 967. The number of hydrogen-bond donors (Lipinski definition) is 2. The van der Waals surface area contributed by atoms with Crippen LogP contribution in [0, 0.1) is 18.3 Å². The average Bonchev–Trinajstić information content (AvgIpc) is 2.84. The smallest absolute Gasteiger partial charge is 0.407 e. The maximum absolute atomic E-state index is 12.3. The summed E-state index contributed by atoms with van der Waals surface area (Å²) < 4.78 is 0. The van der Waals surface area contributed by atoms with Crippen molar-refractivity contribution >= 4 is 11.8 Å². The zero-order valence-electron chi connectivity index (χ0n) is 19.4. The van der Waals surface area contributed by atoms with Gasteiger partial charge in [-0.3, -0.25) is 4.90 Å². The minimum absolute atomic E-state index is 0.0113. The van der Waals surface area contributed by atoms with Gasteiger partial charge in [0.2, 0.25) is 0 Å². The number of hydrogen-bond acceptors (Lipinski definition) is 4. The first-order chi connectivity index (χ1) is 16.0. The molecule has 0 unspecified atom stereocenters. The van der Waals surface area contributed by atoms with Gasteiger partial charge < -0.3 is 15.3 Å². The van der Waals surface area contributed by atoms with E-state index in [1.165, 1.54) is 5.56 Å². The van der Waals surface area contributed by atoms with Crippen molar-refractivity contribution in [1.29, 1.82) is 5.26 Å². The van der Waals surface area contributed by atoms with Crippen molar-refractivity contribution in [2.45, 2.75) is 70.1 Å². The summed E-state index contributed by atoms with van der Waals surface area (Å²) in [6.07, 6.45) is 5.48. The average molecular weight is 447 g/mol. The molecule has 0 aromatic heterocycles. The molecule has 2 N–H and O–H groups in total. The van der Waals surface area contributed by atoms with Crippen LogP contribution in [0.15, 0.2) is 48.5 Å². The van der Waals surface area contributed by atoms with Gasteiger partial charge in [-0.2, -0.15) is 5.26 Å². The van der Waals surface area contributed by atoms with Crippen LogP contribution >= 0.6 is 0 Å². The molecule has 1 saturated heterocycles. The Kier molecular flexibility index (Phi) is 7.51. The number of nitrogens with one attached hydrogen (secondary N) is 1. The fraction of sp³-hybridized carbons (Fsp3) is 0.481. The maximum atomic E-state index is 12.3. The molecule has 0 spiro atoms. The number of carboxylic acid groups (broad SMARTS) is 1. The Morgan fingerprint density at radius 1 is 1.09 bits per heavy atom. The third kappa shape index (κ3) is 5.85. The van der Waals surface area contributed by atoms with Gasteiger partial charge in [0, 0.05) is 37.4 Å². The van der Waals surface area contributed by atoms with Crippen LogP contribution in [0.4, 0.5) is 10.5 Å². The van der Waals surface area contributed by atoms with Crippen LogP contribution in [-0.4, -0.2) is 47.3 Å². The highest BCUT2D eigenvalue weighted by molar-refractivity contribution is 5.65. The van der Waals surface area contributed by atoms with Gasteiger partial charge in [0.25, 0.3) is 0 Å². The molecule has 1 saturated carbocycles. The molecule has 33 heavy (non-hydrogen) atoms. The maximum Gasteiger partial charge on any atom is 0.407 e. The number of piperidine rings is 1. The molecule has 174 valence electrons. The summed E-state index contributed by atoms with van der Waals surface area (Å²) in [5.41, 5.74) is 4.05. The summed E-state index contributed by atoms with van der Waals surface area (Å²) in [7, 11) is 0. The normalized spacial score (nSPS) is 23.0. The molecular formula is C27H34N4O2. The van der Waals surface area contributed by atoms with Crippen LogP contribution in [0.1, 0.15) is 55.2 Å². The molecule has 4 rings (SSSR count). The van der Waals surface area contributed by atoms with Gasteiger partial charge in [-0.15, -0.1) is 0 Å². The van der Waals surface area contributed by atoms with Gasteiger partial charge in [0.1, 0.15) is 0 Å². The number of rotatable bonds is 6. The molecular weight excluding hydrogens is 412 g/mol. The fourth-order valence-corrected chi connectivity index (χ4v) is 5.29. The van der Waals surface area contributed by atoms with Crippen molar-refractivity contribution in [3.8, 4) is 6.07 Å². The summed E-state index contributed by atoms with van der Waals surface area (Å²) in [6, 6.07) is 18.6. The van der Waals surface area contributed by atoms with Gasteiger partial charge in [0.15, 0.2) is 0 Å². The predicted molar refractivity (Wildman–Crippen MR) is 130 cm³/mol. The van der Waals surface area contributed by atoms with E-state index in [1.54, 1.807) is 4.90 Å². The summed E-state index contributed by atoms with van der Waals surface area (Å²) in [4.78, 5) is 16.3. The van der Waals surface area contributed by atoms with E-state index in [9.17, 15) is 9.90 Å². The highest BCUT2D eigenvalue weighted by atomic mass is 16.4. The minimum atomic E-state index is -0.836. The van der Waals surface area contributed by atoms with Crippen LogP contribution in [-0.2, 0) is 6.54 Å². The number of amides is 1. The molecule has 1 amide bonds. The van der Waals surface area contributed by atoms with Crippen LogP contribution in [0.2, 0.25) is 0 Å². The molecule has 1 aliphatic heterocycles. The molecule has 6 heteroatoms. The van der Waals surface area contributed by atoms with Crippen LogP contribution in [0.25, 0.3) is 0 Å². The van der Waals surface area contributed by atoms with E-state index < -0.39 is 6.09 Å². The zero-order valence-corrected chi connectivity index (χ0v) is 19.4. The second-order valence-electron chi connectivity index (χ2n) is 9.46. The summed E-state index contributed by atoms with van der Waals surface area (Å²) >= 11 is 0. The van der Waals surface area contributed by atoms with Crippen LogP contribution < -0.4 is 10.2 Å². The molecule has 6 nitrogen and oxygen atoms in total. The minimum Gasteiger partial charge on any atom is -0.465 e. The van der Waals surface area contributed by atoms with Crippen LogP contribution in [0.5, 0.6) is 0 Å². The predicted octanol–water partition coefficient (Wildman–Crippen LogP) is 4.92. The third-order valence-corrected chi connectivity index (χ3v) is 7.08. The lowest BCUT2D eigenvalue weighted by atomic mass is 9.87. The highest BCUT2D eigenvalue weighted by Gasteiger charge is 2.35. The topological polar surface area (TPSA) is 79.6 Å². The SMILES string of the molecule is Cc1ccc(CN(C(=O)O)[C@@H]2CCCC[C@H]2N[C@H]2CCCN(c3ccc(C#N)cc3)C2)cc1. The Morgan fingerprint density at radius 3 is 2.52 bits per heavy atom. The fourth-order valence-electron chi connectivity index (χ4n) is 5.29. The third-order valence-electron chi connectivity index (χ3n) is 7.08. The Labute approximate surface area is 196 Å². The zero-order chi connectivity index (χ0) is 23.2. The Hall–Kier alpha value is -3.04. The highest BCUT2D eigenvalue weighted by Crippen LogP contribution is 2.27. The number of nitrogens with zero attached hydrogens (tertiary/aromatic N) is 3. The van der Waals surface area contributed by atoms with E-state index in [1.807, 2.05) is 55.5 Å². The van der Waals surface area contributed by atoms with Crippen molar-refractivity contribution in [1.82, 2.24) is 10.2 Å². The van der Waals surface area contributed by atoms with E-state index in [0.717, 1.165) is 62.9 Å². The monoisotopic (exact) mass is 446 g/mol. The molecule has 2 aliphatic rings. The molecule has 1 aliphatic carbocycles. The number of carbonyl (C=O) groups is 1. The molecule has 0 bridgehead atoms. The van der Waals surface area contributed by atoms with Crippen LogP contribution in [0.3, 0.4) is 0 Å². The Balaban J connectivity index is 1.44. The van der Waals surface area contributed by atoms with Gasteiger partial charge in [0.05, 0.1) is 17.7 Å². The first-order valence-electron chi connectivity index (χ1n) is 12.1. The molecule has 2 fully saturated rings. The standard InChI is InChI=1S/C27H34N4O2/c1-20-8-10-22(11-9-20)18-31(27(32)33)26-7-3-2-6-25(26)29-23-5-4-16-30(19-23)24-14-12-21(17-28)13-15-24/h8-15,23,25-26,29H,2-7,16,18-19H2,1H3,(H,32,33)/t23-,25+,26+/m0/s1. The molecule has 3 atom stereocenters. The second kappa shape index (κ2) is 10.7. The summed E-state index contributed by atoms with van der Waals surface area (Å²) in [5, 5.41) is 23.0. The van der Waals surface area contributed by atoms with Gasteiger partial charge in [-0.1, -0.05) is 42.7 Å². The van der Waals surface area contributed by atoms with E-state index in [0.29, 0.717) is 18.2 Å². The van der Waals surface area contributed by atoms with Crippen molar-refractivity contribution in [2.24, 2.45) is 0 Å².